The van der Waals surface area contributed by atoms with Gasteiger partial charge in [-0.15, -0.1) is 0 Å². The van der Waals surface area contributed by atoms with Crippen LogP contribution in [-0.2, 0) is 30.7 Å². The first-order chi connectivity index (χ1) is 11.2. The first kappa shape index (κ1) is 18.9. The second kappa shape index (κ2) is 7.18. The molecule has 0 spiro atoms. The van der Waals surface area contributed by atoms with Gasteiger partial charge < -0.3 is 14.4 Å². The molecule has 0 aliphatic carbocycles. The number of amides is 1. The third-order valence-electron chi connectivity index (χ3n) is 4.25. The molecule has 134 valence electrons. The molecule has 1 unspecified atom stereocenters. The van der Waals surface area contributed by atoms with Crippen molar-refractivity contribution in [1.29, 1.82) is 0 Å². The Bertz CT molecular complexity index is 715. The van der Waals surface area contributed by atoms with Gasteiger partial charge in [-0.05, 0) is 37.1 Å². The van der Waals surface area contributed by atoms with E-state index in [0.717, 1.165) is 11.3 Å². The van der Waals surface area contributed by atoms with Crippen molar-refractivity contribution in [2.45, 2.75) is 37.5 Å². The van der Waals surface area contributed by atoms with Gasteiger partial charge in [0.1, 0.15) is 0 Å². The average molecular weight is 356 g/mol. The van der Waals surface area contributed by atoms with Crippen molar-refractivity contribution < 1.29 is 22.7 Å². The minimum atomic E-state index is -3.66. The van der Waals surface area contributed by atoms with Gasteiger partial charge in [-0.3, -0.25) is 4.79 Å². The second-order valence-electron chi connectivity index (χ2n) is 5.92. The summed E-state index contributed by atoms with van der Waals surface area (Å²) in [5.74, 6) is -0.0444. The molecule has 1 aromatic carbocycles. The van der Waals surface area contributed by atoms with E-state index in [1.54, 1.807) is 17.0 Å². The predicted molar refractivity (Wildman–Crippen MR) is 90.4 cm³/mol. The number of ether oxygens (including phenoxy) is 2. The Hall–Kier alpha value is -1.48. The third-order valence-corrected chi connectivity index (χ3v) is 6.07. The van der Waals surface area contributed by atoms with Crippen LogP contribution >= 0.6 is 0 Å². The molecule has 0 N–H and O–H groups in total. The molecule has 24 heavy (non-hydrogen) atoms. The molecule has 1 amide bonds. The summed E-state index contributed by atoms with van der Waals surface area (Å²) in [6.07, 6.45) is 0.00763. The summed E-state index contributed by atoms with van der Waals surface area (Å²) in [4.78, 5) is 13.7. The molecule has 0 saturated heterocycles. The summed E-state index contributed by atoms with van der Waals surface area (Å²) in [6, 6.07) is 4.91. The van der Waals surface area contributed by atoms with E-state index in [9.17, 15) is 13.2 Å². The number of nitrogens with zero attached hydrogens (tertiary/aromatic N) is 2. The lowest BCUT2D eigenvalue weighted by atomic mass is 10.1. The van der Waals surface area contributed by atoms with E-state index >= 15 is 0 Å². The number of sulfonamides is 1. The molecule has 0 fully saturated rings. The maximum absolute atomic E-state index is 12.7. The molecule has 1 aliphatic heterocycles. The van der Waals surface area contributed by atoms with Gasteiger partial charge in [-0.25, -0.2) is 8.42 Å². The summed E-state index contributed by atoms with van der Waals surface area (Å²) in [6.45, 7) is 3.55. The maximum atomic E-state index is 12.7. The minimum Gasteiger partial charge on any atom is -0.355 e. The van der Waals surface area contributed by atoms with E-state index in [-0.39, 0.29) is 23.4 Å². The van der Waals surface area contributed by atoms with Crippen molar-refractivity contribution in [3.05, 3.63) is 23.8 Å². The van der Waals surface area contributed by atoms with Gasteiger partial charge in [0, 0.05) is 39.9 Å². The lowest BCUT2D eigenvalue weighted by Gasteiger charge is -2.22. The fourth-order valence-electron chi connectivity index (χ4n) is 2.98. The summed E-state index contributed by atoms with van der Waals surface area (Å²) in [7, 11) is 0.743. The molecule has 1 aliphatic rings. The van der Waals surface area contributed by atoms with Crippen LogP contribution in [0.15, 0.2) is 23.1 Å². The van der Waals surface area contributed by atoms with Gasteiger partial charge in [-0.2, -0.15) is 4.31 Å². The Kier molecular flexibility index (Phi) is 5.64. The van der Waals surface area contributed by atoms with Crippen molar-refractivity contribution in [2.75, 3.05) is 32.7 Å². The van der Waals surface area contributed by atoms with Crippen molar-refractivity contribution in [2.24, 2.45) is 0 Å². The quantitative estimate of drug-likeness (QED) is 0.717. The zero-order valence-electron chi connectivity index (χ0n) is 14.6. The predicted octanol–water partition coefficient (Wildman–Crippen LogP) is 1.22. The summed E-state index contributed by atoms with van der Waals surface area (Å²) < 4.78 is 36.8. The standard InChI is InChI=1S/C16H24N2O5S/c1-11-8-13-9-14(6-7-15(13)18(11)12(2)19)24(20,21)17(3)10-16(22-4)23-5/h6-7,9,11,16H,8,10H2,1-5H3. The van der Waals surface area contributed by atoms with Crippen molar-refractivity contribution in [1.82, 2.24) is 4.31 Å². The molecule has 1 aromatic rings. The second-order valence-corrected chi connectivity index (χ2v) is 7.96. The number of carbonyl (C=O) groups is 1. The Labute approximate surface area is 143 Å². The minimum absolute atomic E-state index is 0.0274. The van der Waals surface area contributed by atoms with Crippen LogP contribution in [0.1, 0.15) is 19.4 Å². The van der Waals surface area contributed by atoms with Gasteiger partial charge in [-0.1, -0.05) is 0 Å². The number of carbonyl (C=O) groups excluding carboxylic acids is 1. The van der Waals surface area contributed by atoms with E-state index < -0.39 is 16.3 Å². The fourth-order valence-corrected chi connectivity index (χ4v) is 4.19. The highest BCUT2D eigenvalue weighted by atomic mass is 32.2. The van der Waals surface area contributed by atoms with E-state index in [4.69, 9.17) is 9.47 Å². The normalized spacial score (nSPS) is 17.6. The van der Waals surface area contributed by atoms with Crippen LogP contribution in [0.25, 0.3) is 0 Å². The molecule has 0 radical (unpaired) electrons. The number of hydrogen-bond donors (Lipinski definition) is 0. The molecule has 0 aromatic heterocycles. The Morgan fingerprint density at radius 1 is 1.38 bits per heavy atom. The summed E-state index contributed by atoms with van der Waals surface area (Å²) in [5, 5.41) is 0. The van der Waals surface area contributed by atoms with Crippen LogP contribution in [0, 0.1) is 0 Å². The monoisotopic (exact) mass is 356 g/mol. The molecule has 2 rings (SSSR count). The number of methoxy groups -OCH3 is 2. The van der Waals surface area contributed by atoms with Gasteiger partial charge in [0.15, 0.2) is 6.29 Å². The maximum Gasteiger partial charge on any atom is 0.243 e. The molecule has 0 bridgehead atoms. The van der Waals surface area contributed by atoms with Gasteiger partial charge in [0.2, 0.25) is 15.9 Å². The van der Waals surface area contributed by atoms with Crippen molar-refractivity contribution >= 4 is 21.6 Å². The molecular weight excluding hydrogens is 332 g/mol. The Balaban J connectivity index is 2.31. The van der Waals surface area contributed by atoms with E-state index in [1.165, 1.54) is 38.6 Å². The van der Waals surface area contributed by atoms with Crippen LogP contribution in [-0.4, -0.2) is 58.8 Å². The Morgan fingerprint density at radius 3 is 2.54 bits per heavy atom. The third kappa shape index (κ3) is 3.46. The van der Waals surface area contributed by atoms with Gasteiger partial charge in [0.25, 0.3) is 0 Å². The molecule has 7 nitrogen and oxygen atoms in total. The average Bonchev–Trinajstić information content (AvgIpc) is 2.86. The summed E-state index contributed by atoms with van der Waals surface area (Å²) >= 11 is 0. The number of fused-ring (bicyclic) bond motifs is 1. The highest BCUT2D eigenvalue weighted by Crippen LogP contribution is 2.34. The Morgan fingerprint density at radius 2 is 2.00 bits per heavy atom. The first-order valence-electron chi connectivity index (χ1n) is 7.67. The van der Waals surface area contributed by atoms with Crippen LogP contribution in [0.5, 0.6) is 0 Å². The number of hydrogen-bond acceptors (Lipinski definition) is 5. The number of likely N-dealkylation sites (N-methyl/N-ethyl adjacent to an activating group) is 1. The van der Waals surface area contributed by atoms with E-state index in [1.807, 2.05) is 6.92 Å². The molecule has 0 saturated carbocycles. The van der Waals surface area contributed by atoms with Crippen LogP contribution in [0.4, 0.5) is 5.69 Å². The van der Waals surface area contributed by atoms with Crippen LogP contribution < -0.4 is 4.90 Å². The van der Waals surface area contributed by atoms with E-state index in [2.05, 4.69) is 0 Å². The topological polar surface area (TPSA) is 76.2 Å². The van der Waals surface area contributed by atoms with E-state index in [0.29, 0.717) is 6.42 Å². The fraction of sp³-hybridized carbons (Fsp3) is 0.562. The van der Waals surface area contributed by atoms with Crippen molar-refractivity contribution in [3.8, 4) is 0 Å². The van der Waals surface area contributed by atoms with Crippen LogP contribution in [0.2, 0.25) is 0 Å². The lowest BCUT2D eigenvalue weighted by Crippen LogP contribution is -2.36. The zero-order chi connectivity index (χ0) is 18.1. The smallest absolute Gasteiger partial charge is 0.243 e. The van der Waals surface area contributed by atoms with Gasteiger partial charge in [0.05, 0.1) is 11.4 Å². The zero-order valence-corrected chi connectivity index (χ0v) is 15.5. The molecule has 1 atom stereocenters. The largest absolute Gasteiger partial charge is 0.355 e. The van der Waals surface area contributed by atoms with Crippen LogP contribution in [0.3, 0.4) is 0 Å². The number of benzene rings is 1. The van der Waals surface area contributed by atoms with Crippen molar-refractivity contribution in [3.63, 3.8) is 0 Å². The molecule has 8 heteroatoms. The SMILES string of the molecule is COC(CN(C)S(=O)(=O)c1ccc2c(c1)CC(C)N2C(C)=O)OC. The lowest BCUT2D eigenvalue weighted by molar-refractivity contribution is -0.116. The highest BCUT2D eigenvalue weighted by Gasteiger charge is 2.31. The first-order valence-corrected chi connectivity index (χ1v) is 9.11. The number of rotatable bonds is 6. The molecular formula is C16H24N2O5S. The summed E-state index contributed by atoms with van der Waals surface area (Å²) in [5.41, 5.74) is 1.64. The van der Waals surface area contributed by atoms with Gasteiger partial charge >= 0.3 is 0 Å². The number of anilines is 1. The molecule has 1 heterocycles. The highest BCUT2D eigenvalue weighted by molar-refractivity contribution is 7.89.